The van der Waals surface area contributed by atoms with E-state index in [2.05, 4.69) is 4.98 Å². The summed E-state index contributed by atoms with van der Waals surface area (Å²) < 4.78 is 64.7. The van der Waals surface area contributed by atoms with Crippen LogP contribution in [0.2, 0.25) is 0 Å². The van der Waals surface area contributed by atoms with E-state index in [0.717, 1.165) is 31.3 Å². The maximum Gasteiger partial charge on any atom is 0.416 e. The van der Waals surface area contributed by atoms with Crippen molar-refractivity contribution in [3.63, 3.8) is 0 Å². The Morgan fingerprint density at radius 2 is 1.81 bits per heavy atom. The summed E-state index contributed by atoms with van der Waals surface area (Å²) in [6, 6.07) is 3.88. The van der Waals surface area contributed by atoms with E-state index in [0.29, 0.717) is 0 Å². The molecule has 1 heterocycles. The molecule has 0 saturated carbocycles. The summed E-state index contributed by atoms with van der Waals surface area (Å²) in [4.78, 5) is 14.6. The summed E-state index contributed by atoms with van der Waals surface area (Å²) in [5.41, 5.74) is -0.975. The summed E-state index contributed by atoms with van der Waals surface area (Å²) in [5.74, 6) is -1.33. The first kappa shape index (κ1) is 15.7. The van der Waals surface area contributed by atoms with E-state index in [4.69, 9.17) is 0 Å². The summed E-state index contributed by atoms with van der Waals surface area (Å²) in [6.07, 6.45) is -3.41. The van der Waals surface area contributed by atoms with Gasteiger partial charge >= 0.3 is 11.4 Å². The number of carbonyl (C=O) groups is 1. The molecule has 112 valence electrons. The number of pyridine rings is 1. The number of fused-ring (bicyclic) bond motifs is 1. The molecular formula is C13H8F5NOS. The van der Waals surface area contributed by atoms with Gasteiger partial charge < -0.3 is 0 Å². The van der Waals surface area contributed by atoms with Crippen molar-refractivity contribution in [2.45, 2.75) is 23.3 Å². The molecular weight excluding hydrogens is 313 g/mol. The number of hydrogen-bond acceptors (Lipinski definition) is 3. The van der Waals surface area contributed by atoms with Crippen LogP contribution in [0, 0.1) is 0 Å². The molecule has 0 spiro atoms. The molecule has 0 saturated heterocycles. The topological polar surface area (TPSA) is 30.0 Å². The van der Waals surface area contributed by atoms with Crippen molar-refractivity contribution in [1.29, 1.82) is 0 Å². The van der Waals surface area contributed by atoms with Gasteiger partial charge in [-0.25, -0.2) is 0 Å². The van der Waals surface area contributed by atoms with Crippen molar-refractivity contribution >= 4 is 28.4 Å². The number of thioether (sulfide) groups is 1. The highest BCUT2D eigenvalue weighted by Crippen LogP contribution is 2.40. The van der Waals surface area contributed by atoms with Crippen molar-refractivity contribution in [2.75, 3.05) is 0 Å². The zero-order valence-corrected chi connectivity index (χ0v) is 11.4. The molecule has 0 bridgehead atoms. The second-order valence-corrected chi connectivity index (χ2v) is 5.37. The number of benzene rings is 1. The number of carbonyl (C=O) groups excluding carboxylic acids is 1. The van der Waals surface area contributed by atoms with Gasteiger partial charge in [-0.05, 0) is 30.0 Å². The van der Waals surface area contributed by atoms with E-state index in [1.807, 2.05) is 0 Å². The van der Waals surface area contributed by atoms with Crippen LogP contribution in [0.3, 0.4) is 0 Å². The van der Waals surface area contributed by atoms with Gasteiger partial charge in [-0.3, -0.25) is 9.78 Å². The molecule has 0 radical (unpaired) electrons. The van der Waals surface area contributed by atoms with Crippen LogP contribution in [0.5, 0.6) is 0 Å². The van der Waals surface area contributed by atoms with Crippen LogP contribution < -0.4 is 0 Å². The Morgan fingerprint density at radius 3 is 2.38 bits per heavy atom. The highest BCUT2D eigenvalue weighted by Gasteiger charge is 2.37. The lowest BCUT2D eigenvalue weighted by atomic mass is 10.1. The number of alkyl halides is 5. The Morgan fingerprint density at radius 1 is 1.14 bits per heavy atom. The van der Waals surface area contributed by atoms with E-state index < -0.39 is 22.8 Å². The molecule has 21 heavy (non-hydrogen) atoms. The van der Waals surface area contributed by atoms with Gasteiger partial charge in [-0.1, -0.05) is 6.07 Å². The Hall–Kier alpha value is -1.70. The first-order valence-electron chi connectivity index (χ1n) is 5.65. The lowest BCUT2D eigenvalue weighted by Gasteiger charge is -2.14. The Labute approximate surface area is 120 Å². The number of hydrogen-bond donors (Lipinski definition) is 0. The highest BCUT2D eigenvalue weighted by atomic mass is 32.2. The lowest BCUT2D eigenvalue weighted by molar-refractivity contribution is -0.137. The number of Topliss-reactive ketones (excluding diaryl/α,β-unsaturated/α-hetero) is 1. The molecule has 2 nitrogen and oxygen atoms in total. The van der Waals surface area contributed by atoms with Crippen LogP contribution in [0.15, 0.2) is 35.4 Å². The second-order valence-electron chi connectivity index (χ2n) is 4.21. The van der Waals surface area contributed by atoms with Crippen LogP contribution in [0.1, 0.15) is 12.5 Å². The molecule has 0 unspecified atom stereocenters. The zero-order chi connectivity index (χ0) is 15.8. The molecule has 0 amide bonds. The van der Waals surface area contributed by atoms with E-state index in [9.17, 15) is 26.7 Å². The minimum atomic E-state index is -4.54. The number of ketones is 1. The molecule has 0 fully saturated rings. The molecule has 8 heteroatoms. The van der Waals surface area contributed by atoms with E-state index >= 15 is 0 Å². The van der Waals surface area contributed by atoms with Gasteiger partial charge in [0.05, 0.1) is 11.1 Å². The third-order valence-electron chi connectivity index (χ3n) is 2.68. The fourth-order valence-corrected chi connectivity index (χ4v) is 2.43. The number of nitrogens with zero attached hydrogens (tertiary/aromatic N) is 1. The summed E-state index contributed by atoms with van der Waals surface area (Å²) >= 11 is -0.00730. The molecule has 1 aromatic carbocycles. The van der Waals surface area contributed by atoms with Crippen LogP contribution in [-0.2, 0) is 11.0 Å². The van der Waals surface area contributed by atoms with Crippen molar-refractivity contribution in [2.24, 2.45) is 0 Å². The van der Waals surface area contributed by atoms with E-state index in [1.54, 1.807) is 0 Å². The Balaban J connectivity index is 2.50. The normalized spacial score (nSPS) is 12.7. The maximum absolute atomic E-state index is 13.4. The molecule has 0 atom stereocenters. The molecule has 1 aromatic heterocycles. The highest BCUT2D eigenvalue weighted by molar-refractivity contribution is 8.01. The van der Waals surface area contributed by atoms with Crippen LogP contribution >= 0.6 is 11.8 Å². The Kier molecular flexibility index (Phi) is 3.92. The van der Waals surface area contributed by atoms with E-state index in [1.165, 1.54) is 6.07 Å². The fourth-order valence-electron chi connectivity index (χ4n) is 1.60. The van der Waals surface area contributed by atoms with Crippen LogP contribution in [0.25, 0.3) is 10.9 Å². The average molecular weight is 321 g/mol. The predicted octanol–water partition coefficient (Wildman–Crippen LogP) is 4.53. The predicted molar refractivity (Wildman–Crippen MR) is 68.2 cm³/mol. The average Bonchev–Trinajstić information content (AvgIpc) is 2.37. The van der Waals surface area contributed by atoms with Crippen molar-refractivity contribution in [3.8, 4) is 0 Å². The summed E-state index contributed by atoms with van der Waals surface area (Å²) in [6.45, 7) is 0.748. The first-order valence-corrected chi connectivity index (χ1v) is 6.47. The van der Waals surface area contributed by atoms with Gasteiger partial charge in [0.25, 0.3) is 0 Å². The number of rotatable bonds is 3. The van der Waals surface area contributed by atoms with Gasteiger partial charge in [0.1, 0.15) is 0 Å². The van der Waals surface area contributed by atoms with Crippen molar-refractivity contribution in [3.05, 3.63) is 36.0 Å². The van der Waals surface area contributed by atoms with E-state index in [-0.39, 0.29) is 27.6 Å². The first-order chi connectivity index (χ1) is 9.61. The lowest BCUT2D eigenvalue weighted by Crippen LogP contribution is -2.20. The smallest absolute Gasteiger partial charge is 0.292 e. The fraction of sp³-hybridized carbons (Fsp3) is 0.231. The van der Waals surface area contributed by atoms with Gasteiger partial charge in [0, 0.05) is 23.4 Å². The maximum atomic E-state index is 13.4. The van der Waals surface area contributed by atoms with Gasteiger partial charge in [0.2, 0.25) is 5.78 Å². The number of halogens is 5. The molecule has 0 aliphatic carbocycles. The van der Waals surface area contributed by atoms with Crippen LogP contribution in [-0.4, -0.2) is 16.0 Å². The number of aromatic nitrogens is 1. The molecule has 0 N–H and O–H groups in total. The summed E-state index contributed by atoms with van der Waals surface area (Å²) in [5, 5.41) is -3.51. The van der Waals surface area contributed by atoms with Crippen LogP contribution in [0.4, 0.5) is 22.0 Å². The summed E-state index contributed by atoms with van der Waals surface area (Å²) in [7, 11) is 0. The molecule has 2 rings (SSSR count). The van der Waals surface area contributed by atoms with Gasteiger partial charge in [-0.15, -0.1) is 0 Å². The van der Waals surface area contributed by atoms with Crippen molar-refractivity contribution < 1.29 is 26.7 Å². The minimum absolute atomic E-state index is 0.00563. The minimum Gasteiger partial charge on any atom is -0.292 e. The van der Waals surface area contributed by atoms with Gasteiger partial charge in [-0.2, -0.15) is 22.0 Å². The third kappa shape index (κ3) is 3.31. The van der Waals surface area contributed by atoms with Crippen molar-refractivity contribution in [1.82, 2.24) is 4.98 Å². The Bertz CT molecular complexity index is 699. The largest absolute Gasteiger partial charge is 0.416 e. The third-order valence-corrected chi connectivity index (χ3v) is 3.80. The SMILES string of the molecule is CC(=O)C(F)(F)Sc1ccnc2cc(C(F)(F)F)ccc12. The standard InChI is InChI=1S/C13H8F5NOS/c1-7(20)13(17,18)21-11-4-5-19-10-6-8(12(14,15)16)2-3-9(10)11/h2-6H,1H3. The molecule has 2 aromatic rings. The monoisotopic (exact) mass is 321 g/mol. The van der Waals surface area contributed by atoms with Gasteiger partial charge in [0.15, 0.2) is 0 Å². The molecule has 0 aliphatic rings. The molecule has 0 aliphatic heterocycles. The quantitative estimate of drug-likeness (QED) is 0.615. The zero-order valence-electron chi connectivity index (χ0n) is 10.5. The second kappa shape index (κ2) is 5.25.